The van der Waals surface area contributed by atoms with Gasteiger partial charge in [-0.2, -0.15) is 0 Å². The number of ether oxygens (including phenoxy) is 1. The number of likely N-dealkylation sites (tertiary alicyclic amines) is 1. The van der Waals surface area contributed by atoms with Gasteiger partial charge >= 0.3 is 0 Å². The summed E-state index contributed by atoms with van der Waals surface area (Å²) in [5, 5.41) is 6.85. The number of carbonyl (C=O) groups excluding carboxylic acids is 1. The van der Waals surface area contributed by atoms with Crippen molar-refractivity contribution in [1.82, 2.24) is 15.5 Å². The van der Waals surface area contributed by atoms with Crippen LogP contribution in [0.3, 0.4) is 0 Å². The molecule has 0 radical (unpaired) electrons. The van der Waals surface area contributed by atoms with Crippen molar-refractivity contribution in [2.45, 2.75) is 44.9 Å². The fraction of sp³-hybridized carbons (Fsp3) is 0.345. The number of carbonyl (C=O) groups is 1. The number of rotatable bonds is 10. The summed E-state index contributed by atoms with van der Waals surface area (Å²) in [6, 6.07) is 27.2. The van der Waals surface area contributed by atoms with Gasteiger partial charge < -0.3 is 15.4 Å². The highest BCUT2D eigenvalue weighted by Crippen LogP contribution is 2.22. The molecule has 1 aliphatic rings. The molecule has 2 N–H and O–H groups in total. The van der Waals surface area contributed by atoms with Crippen LogP contribution in [0.25, 0.3) is 0 Å². The third-order valence-electron chi connectivity index (χ3n) is 6.52. The van der Waals surface area contributed by atoms with E-state index >= 15 is 0 Å². The van der Waals surface area contributed by atoms with Gasteiger partial charge in [0.05, 0.1) is 13.2 Å². The maximum absolute atomic E-state index is 13.2. The Morgan fingerprint density at radius 3 is 2.35 bits per heavy atom. The van der Waals surface area contributed by atoms with Gasteiger partial charge in [0.1, 0.15) is 5.75 Å². The van der Waals surface area contributed by atoms with Crippen molar-refractivity contribution in [1.29, 1.82) is 0 Å². The van der Waals surface area contributed by atoms with Crippen LogP contribution in [0, 0.1) is 6.92 Å². The molecule has 5 nitrogen and oxygen atoms in total. The number of benzene rings is 3. The lowest BCUT2D eigenvalue weighted by Crippen LogP contribution is -2.43. The van der Waals surface area contributed by atoms with Crippen molar-refractivity contribution in [3.8, 4) is 5.75 Å². The summed E-state index contributed by atoms with van der Waals surface area (Å²) in [5.41, 5.74) is 4.94. The molecule has 0 aromatic heterocycles. The van der Waals surface area contributed by atoms with Gasteiger partial charge in [0, 0.05) is 32.2 Å². The number of hydrogen-bond donors (Lipinski definition) is 2. The molecule has 4 rings (SSSR count). The van der Waals surface area contributed by atoms with Crippen molar-refractivity contribution in [3.63, 3.8) is 0 Å². The number of nitrogens with zero attached hydrogens (tertiary/aromatic N) is 1. The smallest absolute Gasteiger partial charge is 0.237 e. The van der Waals surface area contributed by atoms with E-state index in [4.69, 9.17) is 4.74 Å². The second-order valence-corrected chi connectivity index (χ2v) is 9.12. The molecule has 3 aromatic rings. The summed E-state index contributed by atoms with van der Waals surface area (Å²) in [6.07, 6.45) is 1.65. The van der Waals surface area contributed by atoms with E-state index in [9.17, 15) is 4.79 Å². The first-order valence-corrected chi connectivity index (χ1v) is 12.1. The first-order chi connectivity index (χ1) is 16.6. The van der Waals surface area contributed by atoms with Crippen LogP contribution in [0.5, 0.6) is 5.75 Å². The van der Waals surface area contributed by atoms with Crippen molar-refractivity contribution in [2.24, 2.45) is 0 Å². The third-order valence-corrected chi connectivity index (χ3v) is 6.52. The highest BCUT2D eigenvalue weighted by molar-refractivity contribution is 5.82. The maximum atomic E-state index is 13.2. The number of amides is 1. The Morgan fingerprint density at radius 2 is 1.65 bits per heavy atom. The molecule has 1 saturated heterocycles. The standard InChI is InChI=1S/C29H35N3O2/c1-22-8-10-25(11-9-22)20-32-21-26(31-19-24-12-14-27(34-2)15-13-24)18-28(32)29(33)30-17-16-23-6-4-3-5-7-23/h3-15,26,28,31H,16-21H2,1-2H3,(H,30,33)/t26-,28-/m0/s1. The first kappa shape index (κ1) is 24.0. The van der Waals surface area contributed by atoms with E-state index in [1.54, 1.807) is 7.11 Å². The zero-order valence-corrected chi connectivity index (χ0v) is 20.2. The van der Waals surface area contributed by atoms with Crippen molar-refractivity contribution >= 4 is 5.91 Å². The summed E-state index contributed by atoms with van der Waals surface area (Å²) in [7, 11) is 1.68. The molecule has 2 atom stereocenters. The molecule has 178 valence electrons. The molecule has 1 amide bonds. The van der Waals surface area contributed by atoms with Gasteiger partial charge in [-0.25, -0.2) is 0 Å². The quantitative estimate of drug-likeness (QED) is 0.481. The number of aryl methyl sites for hydroxylation is 1. The molecular weight excluding hydrogens is 422 g/mol. The van der Waals surface area contributed by atoms with E-state index in [-0.39, 0.29) is 18.0 Å². The molecule has 0 spiro atoms. The second kappa shape index (κ2) is 11.8. The van der Waals surface area contributed by atoms with Gasteiger partial charge in [0.15, 0.2) is 0 Å². The summed E-state index contributed by atoms with van der Waals surface area (Å²) in [4.78, 5) is 15.5. The fourth-order valence-electron chi connectivity index (χ4n) is 4.53. The molecule has 0 unspecified atom stereocenters. The minimum Gasteiger partial charge on any atom is -0.497 e. The minimum absolute atomic E-state index is 0.122. The van der Waals surface area contributed by atoms with Gasteiger partial charge in [0.2, 0.25) is 5.91 Å². The van der Waals surface area contributed by atoms with Crippen LogP contribution in [-0.2, 0) is 24.3 Å². The van der Waals surface area contributed by atoms with Crippen LogP contribution in [-0.4, -0.2) is 43.1 Å². The summed E-state index contributed by atoms with van der Waals surface area (Å²) < 4.78 is 5.25. The van der Waals surface area contributed by atoms with Crippen LogP contribution < -0.4 is 15.4 Å². The minimum atomic E-state index is -0.134. The lowest BCUT2D eigenvalue weighted by molar-refractivity contribution is -0.125. The van der Waals surface area contributed by atoms with Crippen LogP contribution in [0.15, 0.2) is 78.9 Å². The molecule has 1 fully saturated rings. The molecule has 1 aliphatic heterocycles. The Balaban J connectivity index is 1.36. The molecule has 0 aliphatic carbocycles. The molecule has 1 heterocycles. The van der Waals surface area contributed by atoms with E-state index in [1.807, 2.05) is 30.3 Å². The second-order valence-electron chi connectivity index (χ2n) is 9.12. The lowest BCUT2D eigenvalue weighted by atomic mass is 10.1. The predicted octanol–water partition coefficient (Wildman–Crippen LogP) is 4.10. The van der Waals surface area contributed by atoms with E-state index < -0.39 is 0 Å². The summed E-state index contributed by atoms with van der Waals surface area (Å²) in [6.45, 7) is 5.15. The number of nitrogens with one attached hydrogen (secondary N) is 2. The Morgan fingerprint density at radius 1 is 0.941 bits per heavy atom. The summed E-state index contributed by atoms with van der Waals surface area (Å²) >= 11 is 0. The van der Waals surface area contributed by atoms with Gasteiger partial charge in [0.25, 0.3) is 0 Å². The zero-order chi connectivity index (χ0) is 23.8. The Labute approximate surface area is 203 Å². The number of methoxy groups -OCH3 is 1. The van der Waals surface area contributed by atoms with Crippen LogP contribution in [0.1, 0.15) is 28.7 Å². The van der Waals surface area contributed by atoms with Crippen LogP contribution >= 0.6 is 0 Å². The van der Waals surface area contributed by atoms with Crippen molar-refractivity contribution < 1.29 is 9.53 Å². The van der Waals surface area contributed by atoms with E-state index in [0.717, 1.165) is 38.2 Å². The molecule has 0 saturated carbocycles. The molecule has 0 bridgehead atoms. The fourth-order valence-corrected chi connectivity index (χ4v) is 4.53. The first-order valence-electron chi connectivity index (χ1n) is 12.1. The zero-order valence-electron chi connectivity index (χ0n) is 20.2. The normalized spacial score (nSPS) is 18.1. The lowest BCUT2D eigenvalue weighted by Gasteiger charge is -2.23. The van der Waals surface area contributed by atoms with Crippen molar-refractivity contribution in [3.05, 3.63) is 101 Å². The highest BCUT2D eigenvalue weighted by atomic mass is 16.5. The van der Waals surface area contributed by atoms with E-state index in [2.05, 4.69) is 71.0 Å². The van der Waals surface area contributed by atoms with E-state index in [0.29, 0.717) is 6.54 Å². The Bertz CT molecular complexity index is 1040. The van der Waals surface area contributed by atoms with Gasteiger partial charge in [-0.3, -0.25) is 9.69 Å². The monoisotopic (exact) mass is 457 g/mol. The molecule has 3 aromatic carbocycles. The Hall–Kier alpha value is -3.15. The average molecular weight is 458 g/mol. The molecule has 34 heavy (non-hydrogen) atoms. The Kier molecular flexibility index (Phi) is 8.34. The SMILES string of the molecule is COc1ccc(CN[C@H]2C[C@@H](C(=O)NCCc3ccccc3)N(Cc3ccc(C)cc3)C2)cc1. The van der Waals surface area contributed by atoms with Crippen molar-refractivity contribution in [2.75, 3.05) is 20.2 Å². The average Bonchev–Trinajstić information content (AvgIpc) is 3.28. The van der Waals surface area contributed by atoms with Gasteiger partial charge in [-0.05, 0) is 48.6 Å². The van der Waals surface area contributed by atoms with Crippen LogP contribution in [0.2, 0.25) is 0 Å². The van der Waals surface area contributed by atoms with Crippen LogP contribution in [0.4, 0.5) is 0 Å². The van der Waals surface area contributed by atoms with E-state index in [1.165, 1.54) is 22.3 Å². The highest BCUT2D eigenvalue weighted by Gasteiger charge is 2.36. The molecular formula is C29H35N3O2. The maximum Gasteiger partial charge on any atom is 0.237 e. The third kappa shape index (κ3) is 6.69. The summed E-state index contributed by atoms with van der Waals surface area (Å²) in [5.74, 6) is 0.984. The van der Waals surface area contributed by atoms with Gasteiger partial charge in [-0.15, -0.1) is 0 Å². The van der Waals surface area contributed by atoms with Gasteiger partial charge in [-0.1, -0.05) is 72.3 Å². The number of hydrogen-bond acceptors (Lipinski definition) is 4. The molecule has 5 heteroatoms. The topological polar surface area (TPSA) is 53.6 Å². The predicted molar refractivity (Wildman–Crippen MR) is 137 cm³/mol. The largest absolute Gasteiger partial charge is 0.497 e.